The van der Waals surface area contributed by atoms with Crippen LogP contribution in [0.15, 0.2) is 34.4 Å². The van der Waals surface area contributed by atoms with Gasteiger partial charge in [0.1, 0.15) is 0 Å². The zero-order chi connectivity index (χ0) is 15.0. The van der Waals surface area contributed by atoms with Crippen LogP contribution < -0.4 is 0 Å². The van der Waals surface area contributed by atoms with E-state index in [4.69, 9.17) is 14.4 Å². The Bertz CT molecular complexity index is 484. The summed E-state index contributed by atoms with van der Waals surface area (Å²) >= 11 is 0. The molecule has 0 aliphatic heterocycles. The van der Waals surface area contributed by atoms with Crippen molar-refractivity contribution in [2.45, 2.75) is 48.0 Å². The molecule has 2 rings (SSSR count). The number of rotatable bonds is 0. The van der Waals surface area contributed by atoms with E-state index in [0.717, 1.165) is 0 Å². The average Bonchev–Trinajstić information content (AvgIpc) is 2.71. The van der Waals surface area contributed by atoms with Crippen LogP contribution >= 0.6 is 8.25 Å². The predicted octanol–water partition coefficient (Wildman–Crippen LogP) is 3.09. The fraction of sp³-hybridized carbons (Fsp3) is 0.600. The summed E-state index contributed by atoms with van der Waals surface area (Å²) in [4.78, 5) is 14.3. The molecule has 0 heterocycles. The SMILES string of the molecule is CC(C)(C)C1=CC2=CC(C(C)(C)C)=C1C2.O=[PH](O)O.[CaH2]. The molecule has 2 bridgehead atoms. The van der Waals surface area contributed by atoms with Gasteiger partial charge in [0.25, 0.3) is 0 Å². The van der Waals surface area contributed by atoms with Gasteiger partial charge in [-0.3, -0.25) is 4.57 Å². The van der Waals surface area contributed by atoms with Crippen LogP contribution in [-0.2, 0) is 4.57 Å². The molecule has 0 aromatic rings. The molecular weight excluding hydrogens is 299 g/mol. The Morgan fingerprint density at radius 3 is 1.75 bits per heavy atom. The first-order valence-corrected chi connectivity index (χ1v) is 7.82. The molecule has 0 atom stereocenters. The molecule has 20 heavy (non-hydrogen) atoms. The molecule has 3 nitrogen and oxygen atoms in total. The van der Waals surface area contributed by atoms with E-state index in [1.54, 1.807) is 16.7 Å². The summed E-state index contributed by atoms with van der Waals surface area (Å²) in [6, 6.07) is 0. The Morgan fingerprint density at radius 2 is 1.45 bits per heavy atom. The number of hydrogen-bond acceptors (Lipinski definition) is 1. The van der Waals surface area contributed by atoms with Crippen LogP contribution in [0.1, 0.15) is 48.0 Å². The summed E-state index contributed by atoms with van der Waals surface area (Å²) in [5.74, 6) is 0. The molecule has 0 spiro atoms. The van der Waals surface area contributed by atoms with Crippen molar-refractivity contribution in [2.24, 2.45) is 10.8 Å². The Morgan fingerprint density at radius 1 is 1.00 bits per heavy atom. The topological polar surface area (TPSA) is 57.5 Å². The molecule has 0 saturated carbocycles. The van der Waals surface area contributed by atoms with Crippen LogP contribution in [0.4, 0.5) is 0 Å². The van der Waals surface area contributed by atoms with Gasteiger partial charge in [-0.1, -0.05) is 53.7 Å². The van der Waals surface area contributed by atoms with Crippen molar-refractivity contribution >= 4 is 46.0 Å². The van der Waals surface area contributed by atoms with Gasteiger partial charge in [0.2, 0.25) is 0 Å². The quantitative estimate of drug-likeness (QED) is 0.531. The summed E-state index contributed by atoms with van der Waals surface area (Å²) in [5.41, 5.74) is 6.82. The monoisotopic (exact) mass is 326 g/mol. The fourth-order valence-electron chi connectivity index (χ4n) is 2.57. The van der Waals surface area contributed by atoms with Crippen molar-refractivity contribution in [3.63, 3.8) is 0 Å². The molecule has 0 saturated heterocycles. The summed E-state index contributed by atoms with van der Waals surface area (Å²) < 4.78 is 8.74. The zero-order valence-electron chi connectivity index (χ0n) is 12.7. The van der Waals surface area contributed by atoms with Crippen LogP contribution in [0, 0.1) is 10.8 Å². The third-order valence-electron chi connectivity index (χ3n) is 3.31. The Kier molecular flexibility index (Phi) is 7.49. The van der Waals surface area contributed by atoms with Gasteiger partial charge in [-0.15, -0.1) is 0 Å². The third kappa shape index (κ3) is 5.44. The van der Waals surface area contributed by atoms with Crippen LogP contribution in [0.5, 0.6) is 0 Å². The van der Waals surface area contributed by atoms with Gasteiger partial charge in [-0.25, -0.2) is 0 Å². The van der Waals surface area contributed by atoms with E-state index in [1.807, 2.05) is 0 Å². The molecule has 2 aliphatic rings. The summed E-state index contributed by atoms with van der Waals surface area (Å²) in [6.07, 6.45) is 5.97. The summed E-state index contributed by atoms with van der Waals surface area (Å²) in [5, 5.41) is 0. The van der Waals surface area contributed by atoms with Crippen LogP contribution in [-0.4, -0.2) is 47.5 Å². The first-order valence-electron chi connectivity index (χ1n) is 6.51. The fourth-order valence-corrected chi connectivity index (χ4v) is 2.57. The van der Waals surface area contributed by atoms with E-state index in [0.29, 0.717) is 10.8 Å². The van der Waals surface area contributed by atoms with Crippen molar-refractivity contribution in [2.75, 3.05) is 0 Å². The molecule has 0 aromatic heterocycles. The summed E-state index contributed by atoms with van der Waals surface area (Å²) in [6.45, 7) is 13.9. The van der Waals surface area contributed by atoms with Crippen molar-refractivity contribution in [3.05, 3.63) is 34.4 Å². The Hall–Kier alpha value is 0.630. The second-order valence-electron chi connectivity index (χ2n) is 7.13. The Labute approximate surface area is 152 Å². The van der Waals surface area contributed by atoms with Gasteiger partial charge in [-0.2, -0.15) is 0 Å². The van der Waals surface area contributed by atoms with Crippen LogP contribution in [0.25, 0.3) is 0 Å². The Balaban J connectivity index is 0.000000644. The second kappa shape index (κ2) is 7.26. The maximum atomic E-state index is 8.74. The van der Waals surface area contributed by atoms with E-state index in [-0.39, 0.29) is 37.7 Å². The molecule has 0 fully saturated rings. The van der Waals surface area contributed by atoms with E-state index in [9.17, 15) is 0 Å². The van der Waals surface area contributed by atoms with Gasteiger partial charge in [0.15, 0.2) is 0 Å². The molecule has 112 valence electrons. The van der Waals surface area contributed by atoms with Crippen molar-refractivity contribution < 1.29 is 14.4 Å². The zero-order valence-corrected chi connectivity index (χ0v) is 13.7. The van der Waals surface area contributed by atoms with Gasteiger partial charge in [0.05, 0.1) is 0 Å². The van der Waals surface area contributed by atoms with Gasteiger partial charge in [0, 0.05) is 0 Å². The van der Waals surface area contributed by atoms with Crippen LogP contribution in [0.2, 0.25) is 0 Å². The molecule has 0 radical (unpaired) electrons. The molecular formula is C15H27CaO3P. The predicted molar refractivity (Wildman–Crippen MR) is 88.7 cm³/mol. The molecule has 5 heteroatoms. The molecule has 2 aliphatic carbocycles. The van der Waals surface area contributed by atoms with E-state index in [1.165, 1.54) is 12.0 Å². The molecule has 0 aromatic carbocycles. The van der Waals surface area contributed by atoms with E-state index >= 15 is 0 Å². The normalized spacial score (nSPS) is 17.4. The van der Waals surface area contributed by atoms with Gasteiger partial charge >= 0.3 is 46.0 Å². The number of hydrogen-bond donors (Lipinski definition) is 2. The average molecular weight is 326 g/mol. The standard InChI is InChI=1S/C15H22.Ca.H3O3P.2H/c1-14(2,3)12-8-10-7-11(12)13(9-10)15(4,5)6;;1-4(2)3;;/h8-9H,7H2,1-6H3;;4H,(H2,1,2,3);;. The van der Waals surface area contributed by atoms with E-state index < -0.39 is 8.25 Å². The van der Waals surface area contributed by atoms with Crippen molar-refractivity contribution in [1.82, 2.24) is 0 Å². The molecule has 2 N–H and O–H groups in total. The minimum absolute atomic E-state index is 0. The van der Waals surface area contributed by atoms with E-state index in [2.05, 4.69) is 53.7 Å². The maximum absolute atomic E-state index is 8.74. The minimum atomic E-state index is -3.13. The van der Waals surface area contributed by atoms with Crippen LogP contribution in [0.3, 0.4) is 0 Å². The second-order valence-corrected chi connectivity index (χ2v) is 7.69. The molecule has 0 unspecified atom stereocenters. The third-order valence-corrected chi connectivity index (χ3v) is 3.31. The van der Waals surface area contributed by atoms with Crippen molar-refractivity contribution in [3.8, 4) is 0 Å². The molecule has 0 amide bonds. The number of fused-ring (bicyclic) bond motifs is 2. The summed E-state index contributed by atoms with van der Waals surface area (Å²) in [7, 11) is -3.13. The van der Waals surface area contributed by atoms with Crippen molar-refractivity contribution in [1.29, 1.82) is 0 Å². The van der Waals surface area contributed by atoms with Gasteiger partial charge in [-0.05, 0) is 39.5 Å². The number of allylic oxidation sites excluding steroid dienone is 6. The first kappa shape index (κ1) is 20.6. The van der Waals surface area contributed by atoms with Gasteiger partial charge < -0.3 is 9.79 Å². The first-order chi connectivity index (χ1) is 8.43.